The molecule has 7 heteroatoms. The first-order valence-electron chi connectivity index (χ1n) is 4.76. The van der Waals surface area contributed by atoms with Gasteiger partial charge in [0.25, 0.3) is 0 Å². The first kappa shape index (κ1) is 11.6. The third-order valence-electron chi connectivity index (χ3n) is 2.37. The lowest BCUT2D eigenvalue weighted by Crippen LogP contribution is -2.27. The van der Waals surface area contributed by atoms with Crippen LogP contribution in [0.25, 0.3) is 0 Å². The Balaban J connectivity index is 2.45. The zero-order chi connectivity index (χ0) is 12.6. The van der Waals surface area contributed by atoms with E-state index in [2.05, 4.69) is 9.47 Å². The number of hydrogen-bond acceptors (Lipinski definition) is 4. The van der Waals surface area contributed by atoms with Gasteiger partial charge in [0.15, 0.2) is 11.5 Å². The van der Waals surface area contributed by atoms with Gasteiger partial charge >= 0.3 is 12.3 Å². The molecule has 1 heterocycles. The van der Waals surface area contributed by atoms with Gasteiger partial charge in [0.1, 0.15) is 0 Å². The van der Waals surface area contributed by atoms with Crippen molar-refractivity contribution in [3.63, 3.8) is 0 Å². The third-order valence-corrected chi connectivity index (χ3v) is 2.37. The number of carboxylic acids is 1. The van der Waals surface area contributed by atoms with E-state index in [9.17, 15) is 13.6 Å². The Morgan fingerprint density at radius 1 is 1.47 bits per heavy atom. The third kappa shape index (κ3) is 2.01. The molecule has 0 amide bonds. The summed E-state index contributed by atoms with van der Waals surface area (Å²) in [6, 6.07) is 4.05. The number of para-hydroxylation sites is 1. The monoisotopic (exact) mass is 245 g/mol. The van der Waals surface area contributed by atoms with Crippen LogP contribution >= 0.6 is 0 Å². The van der Waals surface area contributed by atoms with Crippen molar-refractivity contribution in [1.82, 2.24) is 0 Å². The average molecular weight is 245 g/mol. The van der Waals surface area contributed by atoms with Crippen molar-refractivity contribution < 1.29 is 28.2 Å². The maximum atomic E-state index is 12.9. The Morgan fingerprint density at radius 3 is 2.76 bits per heavy atom. The summed E-state index contributed by atoms with van der Waals surface area (Å²) in [5.41, 5.74) is 5.38. The second-order valence-electron chi connectivity index (χ2n) is 3.47. The first-order valence-corrected chi connectivity index (χ1v) is 4.76. The van der Waals surface area contributed by atoms with Gasteiger partial charge in [-0.3, -0.25) is 4.79 Å². The number of benzene rings is 1. The number of aliphatic carboxylic acids is 1. The minimum absolute atomic E-state index is 0.0784. The minimum Gasteiger partial charge on any atom is -0.481 e. The molecule has 92 valence electrons. The summed E-state index contributed by atoms with van der Waals surface area (Å²) in [5, 5.41) is 8.92. The van der Waals surface area contributed by atoms with E-state index in [4.69, 9.17) is 10.8 Å². The standard InChI is InChI=1S/C10H9F2NO4/c11-10(12)16-7-3-1-2-5(8(7)17-10)6(4-13)9(14)15/h1-3,6H,4,13H2,(H,14,15). The fourth-order valence-corrected chi connectivity index (χ4v) is 1.63. The SMILES string of the molecule is NCC(C(=O)O)c1cccc2c1OC(F)(F)O2. The van der Waals surface area contributed by atoms with Crippen molar-refractivity contribution in [2.45, 2.75) is 12.2 Å². The van der Waals surface area contributed by atoms with Crippen LogP contribution in [0.1, 0.15) is 11.5 Å². The number of hydrogen-bond donors (Lipinski definition) is 2. The van der Waals surface area contributed by atoms with Crippen LogP contribution in [0.15, 0.2) is 18.2 Å². The van der Waals surface area contributed by atoms with E-state index in [1.807, 2.05) is 0 Å². The molecule has 17 heavy (non-hydrogen) atoms. The highest BCUT2D eigenvalue weighted by Crippen LogP contribution is 2.45. The van der Waals surface area contributed by atoms with E-state index in [1.165, 1.54) is 18.2 Å². The van der Waals surface area contributed by atoms with E-state index in [0.717, 1.165) is 0 Å². The molecule has 1 aromatic rings. The van der Waals surface area contributed by atoms with Crippen molar-refractivity contribution in [3.05, 3.63) is 23.8 Å². The van der Waals surface area contributed by atoms with Gasteiger partial charge in [-0.05, 0) is 6.07 Å². The summed E-state index contributed by atoms with van der Waals surface area (Å²) in [4.78, 5) is 10.9. The molecule has 2 rings (SSSR count). The molecular weight excluding hydrogens is 236 g/mol. The lowest BCUT2D eigenvalue weighted by molar-refractivity contribution is -0.287. The maximum Gasteiger partial charge on any atom is 0.586 e. The summed E-state index contributed by atoms with van der Waals surface area (Å²) >= 11 is 0. The highest BCUT2D eigenvalue weighted by atomic mass is 19.3. The Labute approximate surface area is 94.7 Å². The molecule has 1 unspecified atom stereocenters. The fourth-order valence-electron chi connectivity index (χ4n) is 1.63. The van der Waals surface area contributed by atoms with Crippen molar-refractivity contribution in [3.8, 4) is 11.5 Å². The van der Waals surface area contributed by atoms with E-state index in [1.54, 1.807) is 0 Å². The Kier molecular flexibility index (Phi) is 2.62. The number of rotatable bonds is 3. The number of fused-ring (bicyclic) bond motifs is 1. The van der Waals surface area contributed by atoms with Crippen LogP contribution in [0.3, 0.4) is 0 Å². The second kappa shape index (κ2) is 3.85. The number of halogens is 2. The van der Waals surface area contributed by atoms with E-state index in [0.29, 0.717) is 0 Å². The van der Waals surface area contributed by atoms with Gasteiger partial charge in [0, 0.05) is 12.1 Å². The fraction of sp³-hybridized carbons (Fsp3) is 0.300. The molecule has 0 aromatic heterocycles. The van der Waals surface area contributed by atoms with Crippen molar-refractivity contribution in [2.24, 2.45) is 5.73 Å². The molecule has 0 saturated carbocycles. The largest absolute Gasteiger partial charge is 0.586 e. The van der Waals surface area contributed by atoms with Crippen molar-refractivity contribution in [1.29, 1.82) is 0 Å². The first-order chi connectivity index (χ1) is 7.94. The Bertz CT molecular complexity index is 464. The molecule has 1 atom stereocenters. The second-order valence-corrected chi connectivity index (χ2v) is 3.47. The molecule has 3 N–H and O–H groups in total. The maximum absolute atomic E-state index is 12.9. The molecule has 0 aliphatic carbocycles. The van der Waals surface area contributed by atoms with Crippen LogP contribution in [0.5, 0.6) is 11.5 Å². The summed E-state index contributed by atoms with van der Waals surface area (Å²) < 4.78 is 34.2. The van der Waals surface area contributed by atoms with Gasteiger partial charge in [0.05, 0.1) is 5.92 Å². The summed E-state index contributed by atoms with van der Waals surface area (Å²) in [6.45, 7) is -0.222. The molecule has 0 spiro atoms. The van der Waals surface area contributed by atoms with E-state index >= 15 is 0 Å². The van der Waals surface area contributed by atoms with Gasteiger partial charge in [-0.25, -0.2) is 0 Å². The van der Waals surface area contributed by atoms with Crippen molar-refractivity contribution >= 4 is 5.97 Å². The number of carboxylic acid groups (broad SMARTS) is 1. The average Bonchev–Trinajstić information content (AvgIpc) is 2.53. The number of alkyl halides is 2. The minimum atomic E-state index is -3.77. The predicted molar refractivity (Wildman–Crippen MR) is 52.1 cm³/mol. The van der Waals surface area contributed by atoms with Gasteiger partial charge in [-0.1, -0.05) is 12.1 Å². The normalized spacial score (nSPS) is 17.8. The molecule has 0 radical (unpaired) electrons. The molecule has 0 saturated heterocycles. The quantitative estimate of drug-likeness (QED) is 0.834. The number of nitrogens with two attached hydrogens (primary N) is 1. The van der Waals surface area contributed by atoms with Crippen LogP contribution in [-0.2, 0) is 4.79 Å². The molecule has 0 fully saturated rings. The van der Waals surface area contributed by atoms with Gasteiger partial charge < -0.3 is 20.3 Å². The van der Waals surface area contributed by atoms with Crippen LogP contribution in [0, 0.1) is 0 Å². The van der Waals surface area contributed by atoms with Crippen LogP contribution in [0.2, 0.25) is 0 Å². The lowest BCUT2D eigenvalue weighted by Gasteiger charge is -2.12. The van der Waals surface area contributed by atoms with E-state index in [-0.39, 0.29) is 23.6 Å². The topological polar surface area (TPSA) is 81.8 Å². The molecular formula is C10H9F2NO4. The number of carbonyl (C=O) groups is 1. The van der Waals surface area contributed by atoms with Gasteiger partial charge in [0.2, 0.25) is 0 Å². The van der Waals surface area contributed by atoms with Gasteiger partial charge in [-0.15, -0.1) is 8.78 Å². The lowest BCUT2D eigenvalue weighted by atomic mass is 9.98. The van der Waals surface area contributed by atoms with Crippen LogP contribution in [-0.4, -0.2) is 23.9 Å². The number of ether oxygens (including phenoxy) is 2. The Hall–Kier alpha value is -1.89. The predicted octanol–water partition coefficient (Wildman–Crippen LogP) is 1.13. The summed E-state index contributed by atoms with van der Waals surface area (Å²) in [6.07, 6.45) is -3.77. The smallest absolute Gasteiger partial charge is 0.481 e. The summed E-state index contributed by atoms with van der Waals surface area (Å²) in [5.74, 6) is -2.77. The zero-order valence-corrected chi connectivity index (χ0v) is 8.52. The molecule has 1 aliphatic heterocycles. The molecule has 0 bridgehead atoms. The van der Waals surface area contributed by atoms with Crippen molar-refractivity contribution in [2.75, 3.05) is 6.54 Å². The van der Waals surface area contributed by atoms with Crippen LogP contribution < -0.4 is 15.2 Å². The molecule has 1 aliphatic rings. The zero-order valence-electron chi connectivity index (χ0n) is 8.52. The van der Waals surface area contributed by atoms with Crippen LogP contribution in [0.4, 0.5) is 8.78 Å². The highest BCUT2D eigenvalue weighted by Gasteiger charge is 2.45. The Morgan fingerprint density at radius 2 is 2.18 bits per heavy atom. The van der Waals surface area contributed by atoms with E-state index < -0.39 is 18.2 Å². The summed E-state index contributed by atoms with van der Waals surface area (Å²) in [7, 11) is 0. The van der Waals surface area contributed by atoms with Gasteiger partial charge in [-0.2, -0.15) is 0 Å². The molecule has 5 nitrogen and oxygen atoms in total. The highest BCUT2D eigenvalue weighted by molar-refractivity contribution is 5.78. The molecule has 1 aromatic carbocycles.